The lowest BCUT2D eigenvalue weighted by atomic mass is 10.5. The molecular weight excluding hydrogens is 203 g/mol. The highest BCUT2D eigenvalue weighted by atomic mass is 31.1. The van der Waals surface area contributed by atoms with Crippen LogP contribution >= 0.6 is 8.25 Å². The van der Waals surface area contributed by atoms with Gasteiger partial charge in [0.1, 0.15) is 13.2 Å². The Morgan fingerprint density at radius 2 is 1.79 bits per heavy atom. The summed E-state index contributed by atoms with van der Waals surface area (Å²) in [6.07, 6.45) is 0.708. The van der Waals surface area contributed by atoms with Gasteiger partial charge < -0.3 is 10.2 Å². The third-order valence-corrected chi connectivity index (χ3v) is 2.29. The normalized spacial score (nSPS) is 13.0. The predicted molar refractivity (Wildman–Crippen MR) is 56.1 cm³/mol. The second kappa shape index (κ2) is 7.26. The van der Waals surface area contributed by atoms with E-state index in [0.717, 1.165) is 11.0 Å². The maximum absolute atomic E-state index is 11.1. The molecule has 0 fully saturated rings. The van der Waals surface area contributed by atoms with E-state index in [1.54, 1.807) is 0 Å². The molecule has 0 radical (unpaired) electrons. The van der Waals surface area contributed by atoms with E-state index in [1.165, 1.54) is 0 Å². The topological polar surface area (TPSA) is 61.5 Å². The molecule has 0 aliphatic rings. The molecule has 2 N–H and O–H groups in total. The van der Waals surface area contributed by atoms with Crippen LogP contribution in [0.15, 0.2) is 0 Å². The van der Waals surface area contributed by atoms with Crippen LogP contribution in [0.2, 0.25) is 0 Å². The van der Waals surface area contributed by atoms with Crippen LogP contribution in [0.5, 0.6) is 0 Å². The molecule has 0 bridgehead atoms. The van der Waals surface area contributed by atoms with Crippen molar-refractivity contribution in [1.82, 2.24) is 0 Å². The van der Waals surface area contributed by atoms with Gasteiger partial charge in [0.2, 0.25) is 0 Å². The quantitative estimate of drug-likeness (QED) is 0.375. The summed E-state index contributed by atoms with van der Waals surface area (Å²) in [7, 11) is 4.18. The Morgan fingerprint density at radius 1 is 1.21 bits per heavy atom. The number of hydrogen-bond donors (Lipinski definition) is 1. The Kier molecular flexibility index (Phi) is 7.23. The van der Waals surface area contributed by atoms with Gasteiger partial charge in [0.15, 0.2) is 6.61 Å². The molecular formula is C8H21N2O3P+2. The van der Waals surface area contributed by atoms with Gasteiger partial charge in [-0.05, 0) is 13.0 Å². The van der Waals surface area contributed by atoms with Crippen molar-refractivity contribution in [2.45, 2.75) is 6.42 Å². The van der Waals surface area contributed by atoms with Crippen molar-refractivity contribution in [1.29, 1.82) is 0 Å². The molecule has 0 aliphatic carbocycles. The SMILES string of the molecule is C[N+](C)(C)CCO[P+](=O)OCCCN. The van der Waals surface area contributed by atoms with Gasteiger partial charge in [0.25, 0.3) is 0 Å². The largest absolute Gasteiger partial charge is 0.697 e. The predicted octanol–water partition coefficient (Wildman–Crippen LogP) is 0.732. The fraction of sp³-hybridized carbons (Fsp3) is 1.00. The Bertz CT molecular complexity index is 170. The smallest absolute Gasteiger partial charge is 0.330 e. The van der Waals surface area contributed by atoms with E-state index in [0.29, 0.717) is 26.2 Å². The van der Waals surface area contributed by atoms with E-state index in [-0.39, 0.29) is 0 Å². The molecule has 0 aliphatic heterocycles. The fourth-order valence-electron chi connectivity index (χ4n) is 0.649. The molecule has 0 heterocycles. The van der Waals surface area contributed by atoms with Crippen molar-refractivity contribution in [3.8, 4) is 0 Å². The van der Waals surface area contributed by atoms with E-state index in [1.807, 2.05) is 21.1 Å². The highest BCUT2D eigenvalue weighted by Gasteiger charge is 2.21. The summed E-state index contributed by atoms with van der Waals surface area (Å²) in [6, 6.07) is 0. The van der Waals surface area contributed by atoms with Crippen LogP contribution in [0.1, 0.15) is 6.42 Å². The van der Waals surface area contributed by atoms with Crippen LogP contribution in [0.3, 0.4) is 0 Å². The van der Waals surface area contributed by atoms with Gasteiger partial charge in [0.05, 0.1) is 21.1 Å². The fourth-order valence-corrected chi connectivity index (χ4v) is 1.23. The Balaban J connectivity index is 3.36. The number of nitrogens with zero attached hydrogens (tertiary/aromatic N) is 1. The number of likely N-dealkylation sites (N-methyl/N-ethyl adjacent to an activating group) is 1. The molecule has 0 aromatic rings. The van der Waals surface area contributed by atoms with Crippen molar-refractivity contribution in [3.63, 3.8) is 0 Å². The minimum atomic E-state index is -1.96. The summed E-state index contributed by atoms with van der Waals surface area (Å²) in [5.74, 6) is 0. The van der Waals surface area contributed by atoms with Gasteiger partial charge in [-0.2, -0.15) is 0 Å². The molecule has 1 unspecified atom stereocenters. The van der Waals surface area contributed by atoms with Gasteiger partial charge in [-0.1, -0.05) is 0 Å². The zero-order chi connectivity index (χ0) is 11.0. The first-order chi connectivity index (χ1) is 6.45. The molecule has 84 valence electrons. The van der Waals surface area contributed by atoms with Crippen molar-refractivity contribution in [3.05, 3.63) is 0 Å². The van der Waals surface area contributed by atoms with Crippen molar-refractivity contribution in [2.24, 2.45) is 5.73 Å². The highest BCUT2D eigenvalue weighted by Crippen LogP contribution is 2.23. The van der Waals surface area contributed by atoms with E-state index >= 15 is 0 Å². The lowest BCUT2D eigenvalue weighted by Gasteiger charge is -2.21. The van der Waals surface area contributed by atoms with Crippen LogP contribution < -0.4 is 5.73 Å². The summed E-state index contributed by atoms with van der Waals surface area (Å²) in [4.78, 5) is 0. The van der Waals surface area contributed by atoms with Gasteiger partial charge in [-0.3, -0.25) is 0 Å². The number of rotatable bonds is 8. The molecule has 0 amide bonds. The molecule has 0 saturated heterocycles. The lowest BCUT2D eigenvalue weighted by Crippen LogP contribution is -2.37. The average Bonchev–Trinajstić information content (AvgIpc) is 2.02. The Hall–Kier alpha value is -0.0600. The Labute approximate surface area is 86.7 Å². The van der Waals surface area contributed by atoms with E-state index in [2.05, 4.69) is 0 Å². The second-order valence-electron chi connectivity index (χ2n) is 4.05. The standard InChI is InChI=1S/C8H21N2O3P/c1-10(2,3)6-8-13-14(11)12-7-4-5-9/h4-9H2,1-3H3/q+2. The third kappa shape index (κ3) is 10.0. The van der Waals surface area contributed by atoms with E-state index in [9.17, 15) is 4.57 Å². The molecule has 14 heavy (non-hydrogen) atoms. The van der Waals surface area contributed by atoms with Crippen LogP contribution in [0.4, 0.5) is 0 Å². The summed E-state index contributed by atoms with van der Waals surface area (Å²) in [5.41, 5.74) is 5.25. The minimum Gasteiger partial charge on any atom is -0.330 e. The highest BCUT2D eigenvalue weighted by molar-refractivity contribution is 7.33. The van der Waals surface area contributed by atoms with Gasteiger partial charge in [0, 0.05) is 4.57 Å². The molecule has 6 heteroatoms. The van der Waals surface area contributed by atoms with Crippen molar-refractivity contribution >= 4 is 8.25 Å². The molecule has 5 nitrogen and oxygen atoms in total. The summed E-state index contributed by atoms with van der Waals surface area (Å²) in [5, 5.41) is 0. The zero-order valence-electron chi connectivity index (χ0n) is 9.23. The summed E-state index contributed by atoms with van der Waals surface area (Å²) in [6.45, 7) is 2.20. The second-order valence-corrected chi connectivity index (χ2v) is 5.01. The van der Waals surface area contributed by atoms with Gasteiger partial charge in [-0.25, -0.2) is 0 Å². The van der Waals surface area contributed by atoms with Crippen molar-refractivity contribution < 1.29 is 18.1 Å². The summed E-state index contributed by atoms with van der Waals surface area (Å²) >= 11 is 0. The first kappa shape index (κ1) is 13.9. The molecule has 0 aromatic carbocycles. The molecule has 0 saturated carbocycles. The van der Waals surface area contributed by atoms with Crippen LogP contribution in [0, 0.1) is 0 Å². The Morgan fingerprint density at radius 3 is 2.29 bits per heavy atom. The van der Waals surface area contributed by atoms with Gasteiger partial charge >= 0.3 is 8.25 Å². The van der Waals surface area contributed by atoms with E-state index in [4.69, 9.17) is 14.8 Å². The number of hydrogen-bond acceptors (Lipinski definition) is 4. The maximum atomic E-state index is 11.1. The maximum Gasteiger partial charge on any atom is 0.697 e. The molecule has 0 aromatic heterocycles. The van der Waals surface area contributed by atoms with E-state index < -0.39 is 8.25 Å². The third-order valence-electron chi connectivity index (χ3n) is 1.50. The monoisotopic (exact) mass is 224 g/mol. The van der Waals surface area contributed by atoms with Crippen molar-refractivity contribution in [2.75, 3.05) is 47.4 Å². The molecule has 0 rings (SSSR count). The first-order valence-corrected chi connectivity index (χ1v) is 5.79. The van der Waals surface area contributed by atoms with Gasteiger partial charge in [-0.15, -0.1) is 9.05 Å². The average molecular weight is 224 g/mol. The minimum absolute atomic E-state index is 0.399. The zero-order valence-corrected chi connectivity index (χ0v) is 10.1. The summed E-state index contributed by atoms with van der Waals surface area (Å²) < 4.78 is 21.7. The van der Waals surface area contributed by atoms with Crippen LogP contribution in [-0.2, 0) is 13.6 Å². The number of nitrogens with two attached hydrogens (primary N) is 1. The molecule has 0 spiro atoms. The molecule has 1 atom stereocenters. The van der Waals surface area contributed by atoms with Crippen LogP contribution in [0.25, 0.3) is 0 Å². The number of quaternary nitrogens is 1. The lowest BCUT2D eigenvalue weighted by molar-refractivity contribution is -0.870. The first-order valence-electron chi connectivity index (χ1n) is 4.69. The van der Waals surface area contributed by atoms with Crippen LogP contribution in [-0.4, -0.2) is 51.9 Å².